The molecule has 0 heterocycles. The van der Waals surface area contributed by atoms with Crippen LogP contribution in [0.1, 0.15) is 22.8 Å². The van der Waals surface area contributed by atoms with E-state index >= 15 is 0 Å². The molecule has 1 atom stereocenters. The number of benzene rings is 2. The highest BCUT2D eigenvalue weighted by molar-refractivity contribution is 8.00. The van der Waals surface area contributed by atoms with Gasteiger partial charge >= 0.3 is 0 Å². The van der Waals surface area contributed by atoms with Crippen molar-refractivity contribution < 1.29 is 9.18 Å². The summed E-state index contributed by atoms with van der Waals surface area (Å²) in [7, 11) is 0. The molecule has 19 heavy (non-hydrogen) atoms. The highest BCUT2D eigenvalue weighted by Gasteiger charge is 2.17. The zero-order valence-corrected chi connectivity index (χ0v) is 11.7. The lowest BCUT2D eigenvalue weighted by Crippen LogP contribution is -2.13. The number of hydrogen-bond acceptors (Lipinski definition) is 2. The Hall–Kier alpha value is -1.61. The van der Waals surface area contributed by atoms with Crippen molar-refractivity contribution >= 4 is 17.5 Å². The first-order valence-corrected chi connectivity index (χ1v) is 6.98. The van der Waals surface area contributed by atoms with E-state index in [1.54, 1.807) is 25.1 Å². The van der Waals surface area contributed by atoms with Gasteiger partial charge in [-0.05, 0) is 26.0 Å². The lowest BCUT2D eigenvalue weighted by atomic mass is 10.1. The Bertz CT molecular complexity index is 578. The summed E-state index contributed by atoms with van der Waals surface area (Å²) in [4.78, 5) is 12.7. The van der Waals surface area contributed by atoms with Gasteiger partial charge in [-0.15, -0.1) is 11.8 Å². The first-order chi connectivity index (χ1) is 9.08. The van der Waals surface area contributed by atoms with E-state index in [-0.39, 0.29) is 16.9 Å². The molecule has 0 amide bonds. The van der Waals surface area contributed by atoms with E-state index in [0.29, 0.717) is 10.5 Å². The normalized spacial score (nSPS) is 12.2. The fourth-order valence-corrected chi connectivity index (χ4v) is 2.70. The zero-order chi connectivity index (χ0) is 13.8. The van der Waals surface area contributed by atoms with Gasteiger partial charge in [-0.25, -0.2) is 4.39 Å². The first-order valence-electron chi connectivity index (χ1n) is 6.10. The molecule has 98 valence electrons. The quantitative estimate of drug-likeness (QED) is 0.603. The topological polar surface area (TPSA) is 17.1 Å². The molecule has 3 heteroatoms. The van der Waals surface area contributed by atoms with Gasteiger partial charge < -0.3 is 0 Å². The van der Waals surface area contributed by atoms with Gasteiger partial charge in [-0.2, -0.15) is 0 Å². The second-order valence-electron chi connectivity index (χ2n) is 4.42. The largest absolute Gasteiger partial charge is 0.293 e. The van der Waals surface area contributed by atoms with Crippen LogP contribution in [0.5, 0.6) is 0 Å². The molecule has 0 saturated carbocycles. The molecule has 0 aliphatic carbocycles. The second-order valence-corrected chi connectivity index (χ2v) is 5.80. The summed E-state index contributed by atoms with van der Waals surface area (Å²) in [5, 5.41) is -0.306. The Morgan fingerprint density at radius 3 is 2.37 bits per heavy atom. The number of carbonyl (C=O) groups is 1. The fourth-order valence-electron chi connectivity index (χ4n) is 1.74. The summed E-state index contributed by atoms with van der Waals surface area (Å²) in [5.74, 6) is -0.260. The van der Waals surface area contributed by atoms with Crippen LogP contribution >= 0.6 is 11.8 Å². The van der Waals surface area contributed by atoms with Crippen LogP contribution in [0.3, 0.4) is 0 Å². The summed E-state index contributed by atoms with van der Waals surface area (Å²) < 4.78 is 13.5. The van der Waals surface area contributed by atoms with Crippen LogP contribution in [0.25, 0.3) is 0 Å². The van der Waals surface area contributed by atoms with Crippen molar-refractivity contribution in [2.45, 2.75) is 24.0 Å². The monoisotopic (exact) mass is 274 g/mol. The molecule has 0 aromatic heterocycles. The first kappa shape index (κ1) is 13.8. The highest BCUT2D eigenvalue weighted by Crippen LogP contribution is 2.27. The number of aryl methyl sites for hydroxylation is 1. The predicted molar refractivity (Wildman–Crippen MR) is 77.2 cm³/mol. The molecule has 0 aliphatic heterocycles. The molecule has 2 aromatic rings. The van der Waals surface area contributed by atoms with Crippen molar-refractivity contribution in [3.05, 3.63) is 65.5 Å². The fraction of sp³-hybridized carbons (Fsp3) is 0.188. The third kappa shape index (κ3) is 3.44. The maximum atomic E-state index is 13.5. The summed E-state index contributed by atoms with van der Waals surface area (Å²) in [6, 6.07) is 14.0. The predicted octanol–water partition coefficient (Wildman–Crippen LogP) is 4.50. The van der Waals surface area contributed by atoms with Crippen LogP contribution in [0, 0.1) is 12.7 Å². The number of hydrogen-bond donors (Lipinski definition) is 0. The molecule has 1 unspecified atom stereocenters. The summed E-state index contributed by atoms with van der Waals surface area (Å²) in [6.45, 7) is 3.78. The van der Waals surface area contributed by atoms with Crippen LogP contribution < -0.4 is 0 Å². The lowest BCUT2D eigenvalue weighted by molar-refractivity contribution is 0.0994. The number of rotatable bonds is 4. The van der Waals surface area contributed by atoms with Crippen LogP contribution in [-0.4, -0.2) is 11.0 Å². The van der Waals surface area contributed by atoms with Gasteiger partial charge in [0.2, 0.25) is 0 Å². The molecule has 0 bridgehead atoms. The Balaban J connectivity index is 2.12. The van der Waals surface area contributed by atoms with Gasteiger partial charge in [-0.1, -0.05) is 42.0 Å². The Labute approximate surface area is 116 Å². The lowest BCUT2D eigenvalue weighted by Gasteiger charge is -2.11. The molecule has 0 spiro atoms. The van der Waals surface area contributed by atoms with Gasteiger partial charge in [0, 0.05) is 10.5 Å². The Kier molecular flexibility index (Phi) is 4.38. The molecule has 0 saturated heterocycles. The van der Waals surface area contributed by atoms with Crippen molar-refractivity contribution in [1.29, 1.82) is 0 Å². The molecular formula is C16H15FOS. The third-order valence-electron chi connectivity index (χ3n) is 2.85. The highest BCUT2D eigenvalue weighted by atomic mass is 32.2. The molecular weight excluding hydrogens is 259 g/mol. The van der Waals surface area contributed by atoms with Crippen LogP contribution in [0.4, 0.5) is 4.39 Å². The van der Waals surface area contributed by atoms with Crippen molar-refractivity contribution in [2.75, 3.05) is 0 Å². The van der Waals surface area contributed by atoms with E-state index < -0.39 is 0 Å². The minimum absolute atomic E-state index is 0.0215. The van der Waals surface area contributed by atoms with Gasteiger partial charge in [0.25, 0.3) is 0 Å². The van der Waals surface area contributed by atoms with Crippen molar-refractivity contribution in [1.82, 2.24) is 0 Å². The number of ketones is 1. The van der Waals surface area contributed by atoms with E-state index in [4.69, 9.17) is 0 Å². The van der Waals surface area contributed by atoms with Crippen molar-refractivity contribution in [2.24, 2.45) is 0 Å². The van der Waals surface area contributed by atoms with Crippen LogP contribution in [0.15, 0.2) is 53.4 Å². The van der Waals surface area contributed by atoms with Crippen molar-refractivity contribution in [3.8, 4) is 0 Å². The van der Waals surface area contributed by atoms with E-state index in [0.717, 1.165) is 5.56 Å². The zero-order valence-electron chi connectivity index (χ0n) is 10.9. The van der Waals surface area contributed by atoms with E-state index in [1.807, 2.05) is 31.2 Å². The summed E-state index contributed by atoms with van der Waals surface area (Å²) in [6.07, 6.45) is 0. The minimum Gasteiger partial charge on any atom is -0.293 e. The SMILES string of the molecule is Cc1ccc(C(=O)C(C)Sc2ccccc2F)cc1. The summed E-state index contributed by atoms with van der Waals surface area (Å²) in [5.41, 5.74) is 1.79. The van der Waals surface area contributed by atoms with Gasteiger partial charge in [-0.3, -0.25) is 4.79 Å². The summed E-state index contributed by atoms with van der Waals surface area (Å²) >= 11 is 1.25. The smallest absolute Gasteiger partial charge is 0.175 e. The number of thioether (sulfide) groups is 1. The number of carbonyl (C=O) groups excluding carboxylic acids is 1. The van der Waals surface area contributed by atoms with E-state index in [1.165, 1.54) is 17.8 Å². The maximum absolute atomic E-state index is 13.5. The van der Waals surface area contributed by atoms with Gasteiger partial charge in [0.05, 0.1) is 5.25 Å². The van der Waals surface area contributed by atoms with Gasteiger partial charge in [0.1, 0.15) is 5.82 Å². The maximum Gasteiger partial charge on any atom is 0.175 e. The molecule has 0 aliphatic rings. The molecule has 1 nitrogen and oxygen atoms in total. The molecule has 0 N–H and O–H groups in total. The van der Waals surface area contributed by atoms with E-state index in [2.05, 4.69) is 0 Å². The third-order valence-corrected chi connectivity index (χ3v) is 4.00. The average Bonchev–Trinajstić information content (AvgIpc) is 2.41. The standard InChI is InChI=1S/C16H15FOS/c1-11-7-9-13(10-8-11)16(18)12(2)19-15-6-4-3-5-14(15)17/h3-10,12H,1-2H3. The molecule has 2 aromatic carbocycles. The van der Waals surface area contributed by atoms with Crippen molar-refractivity contribution in [3.63, 3.8) is 0 Å². The second kappa shape index (κ2) is 6.02. The molecule has 0 radical (unpaired) electrons. The van der Waals surface area contributed by atoms with Gasteiger partial charge in [0.15, 0.2) is 5.78 Å². The molecule has 2 rings (SSSR count). The van der Waals surface area contributed by atoms with E-state index in [9.17, 15) is 9.18 Å². The number of halogens is 1. The van der Waals surface area contributed by atoms with Crippen LogP contribution in [0.2, 0.25) is 0 Å². The average molecular weight is 274 g/mol. The Morgan fingerprint density at radius 2 is 1.74 bits per heavy atom. The Morgan fingerprint density at radius 1 is 1.11 bits per heavy atom. The number of Topliss-reactive ketones (excluding diaryl/α,β-unsaturated/α-hetero) is 1. The minimum atomic E-state index is -0.306. The molecule has 0 fully saturated rings. The van der Waals surface area contributed by atoms with Crippen LogP contribution in [-0.2, 0) is 0 Å².